The maximum absolute atomic E-state index is 12.8. The molecule has 0 radical (unpaired) electrons. The van der Waals surface area contributed by atoms with Crippen molar-refractivity contribution >= 4 is 21.4 Å². The van der Waals surface area contributed by atoms with Crippen LogP contribution in [-0.4, -0.2) is 23.9 Å². The lowest BCUT2D eigenvalue weighted by atomic mass is 10.2. The maximum Gasteiger partial charge on any atom is 0.243 e. The summed E-state index contributed by atoms with van der Waals surface area (Å²) >= 11 is 1.55. The van der Waals surface area contributed by atoms with E-state index >= 15 is 0 Å². The molecule has 0 amide bonds. The van der Waals surface area contributed by atoms with Crippen molar-refractivity contribution in [1.29, 1.82) is 0 Å². The summed E-state index contributed by atoms with van der Waals surface area (Å²) < 4.78 is 27.0. The zero-order valence-electron chi connectivity index (χ0n) is 12.1. The molecule has 0 fully saturated rings. The highest BCUT2D eigenvalue weighted by molar-refractivity contribution is 7.89. The number of thiophene rings is 1. The molecule has 0 aliphatic carbocycles. The van der Waals surface area contributed by atoms with Gasteiger partial charge in [0, 0.05) is 17.5 Å². The summed E-state index contributed by atoms with van der Waals surface area (Å²) in [6.45, 7) is 4.02. The summed E-state index contributed by atoms with van der Waals surface area (Å²) in [4.78, 5) is 1.27. The largest absolute Gasteiger partial charge is 0.392 e. The van der Waals surface area contributed by atoms with Gasteiger partial charge in [-0.25, -0.2) is 8.42 Å². The van der Waals surface area contributed by atoms with E-state index in [9.17, 15) is 8.42 Å². The van der Waals surface area contributed by atoms with E-state index in [1.807, 2.05) is 31.4 Å². The van der Waals surface area contributed by atoms with Gasteiger partial charge >= 0.3 is 0 Å². The van der Waals surface area contributed by atoms with Crippen LogP contribution >= 0.6 is 11.3 Å². The van der Waals surface area contributed by atoms with Crippen LogP contribution in [0.5, 0.6) is 0 Å². The second-order valence-corrected chi connectivity index (χ2v) is 7.95. The standard InChI is InChI=1S/C15H19NO3S2/c1-12(2)16(10-14-4-3-9-20-14)21(18,19)15-7-5-13(11-17)6-8-15/h3-9,12,17H,10-11H2,1-2H3. The second-order valence-electron chi connectivity index (χ2n) is 5.03. The van der Waals surface area contributed by atoms with Crippen molar-refractivity contribution in [2.75, 3.05) is 0 Å². The van der Waals surface area contributed by atoms with Crippen molar-refractivity contribution in [3.05, 3.63) is 52.2 Å². The molecule has 0 atom stereocenters. The SMILES string of the molecule is CC(C)N(Cc1cccs1)S(=O)(=O)c1ccc(CO)cc1. The molecule has 21 heavy (non-hydrogen) atoms. The Morgan fingerprint density at radius 1 is 1.19 bits per heavy atom. The molecule has 2 aromatic rings. The monoisotopic (exact) mass is 325 g/mol. The van der Waals surface area contributed by atoms with Crippen LogP contribution in [0.15, 0.2) is 46.7 Å². The first-order chi connectivity index (χ1) is 9.95. The van der Waals surface area contributed by atoms with Gasteiger partial charge in [-0.1, -0.05) is 18.2 Å². The van der Waals surface area contributed by atoms with E-state index in [0.29, 0.717) is 12.1 Å². The highest BCUT2D eigenvalue weighted by Crippen LogP contribution is 2.23. The number of benzene rings is 1. The lowest BCUT2D eigenvalue weighted by molar-refractivity contribution is 0.281. The highest BCUT2D eigenvalue weighted by atomic mass is 32.2. The van der Waals surface area contributed by atoms with Crippen molar-refractivity contribution in [3.8, 4) is 0 Å². The first kappa shape index (κ1) is 16.2. The number of sulfonamides is 1. The molecule has 0 unspecified atom stereocenters. The van der Waals surface area contributed by atoms with E-state index in [0.717, 1.165) is 4.88 Å². The molecule has 2 rings (SSSR count). The maximum atomic E-state index is 12.8. The molecule has 6 heteroatoms. The molecule has 0 bridgehead atoms. The number of aliphatic hydroxyl groups excluding tert-OH is 1. The fourth-order valence-electron chi connectivity index (χ4n) is 2.00. The topological polar surface area (TPSA) is 57.6 Å². The van der Waals surface area contributed by atoms with Gasteiger partial charge in [-0.05, 0) is 43.0 Å². The van der Waals surface area contributed by atoms with Crippen LogP contribution in [0.25, 0.3) is 0 Å². The predicted octanol–water partition coefficient (Wildman–Crippen LogP) is 2.84. The van der Waals surface area contributed by atoms with Crippen LogP contribution in [-0.2, 0) is 23.2 Å². The van der Waals surface area contributed by atoms with Gasteiger partial charge in [0.1, 0.15) is 0 Å². The average molecular weight is 325 g/mol. The van der Waals surface area contributed by atoms with Crippen molar-refractivity contribution in [2.24, 2.45) is 0 Å². The summed E-state index contributed by atoms with van der Waals surface area (Å²) in [5.74, 6) is 0. The molecule has 114 valence electrons. The van der Waals surface area contributed by atoms with Gasteiger partial charge in [-0.2, -0.15) is 4.31 Å². The highest BCUT2D eigenvalue weighted by Gasteiger charge is 2.27. The van der Waals surface area contributed by atoms with Crippen molar-refractivity contribution in [1.82, 2.24) is 4.31 Å². The molecule has 4 nitrogen and oxygen atoms in total. The Bertz CT molecular complexity index is 661. The molecule has 1 N–H and O–H groups in total. The molecular weight excluding hydrogens is 306 g/mol. The Morgan fingerprint density at radius 3 is 2.33 bits per heavy atom. The minimum Gasteiger partial charge on any atom is -0.392 e. The van der Waals surface area contributed by atoms with E-state index in [1.165, 1.54) is 4.31 Å². The van der Waals surface area contributed by atoms with Crippen molar-refractivity contribution in [3.63, 3.8) is 0 Å². The second kappa shape index (κ2) is 6.70. The van der Waals surface area contributed by atoms with Gasteiger partial charge in [0.15, 0.2) is 0 Å². The number of rotatable bonds is 6. The Labute approximate surface area is 129 Å². The van der Waals surface area contributed by atoms with Crippen LogP contribution in [0.2, 0.25) is 0 Å². The minimum atomic E-state index is -3.54. The zero-order valence-corrected chi connectivity index (χ0v) is 13.7. The van der Waals surface area contributed by atoms with Crippen molar-refractivity contribution in [2.45, 2.75) is 37.9 Å². The molecule has 1 aromatic carbocycles. The summed E-state index contributed by atoms with van der Waals surface area (Å²) in [5, 5.41) is 11.0. The van der Waals surface area contributed by atoms with Gasteiger partial charge in [-0.15, -0.1) is 11.3 Å². The zero-order chi connectivity index (χ0) is 15.5. The summed E-state index contributed by atoms with van der Waals surface area (Å²) in [7, 11) is -3.54. The van der Waals surface area contributed by atoms with E-state index in [2.05, 4.69) is 0 Å². The first-order valence-corrected chi connectivity index (χ1v) is 9.01. The number of nitrogens with zero attached hydrogens (tertiary/aromatic N) is 1. The quantitative estimate of drug-likeness (QED) is 0.888. The van der Waals surface area contributed by atoms with Gasteiger partial charge < -0.3 is 5.11 Å². The molecule has 1 heterocycles. The fraction of sp³-hybridized carbons (Fsp3) is 0.333. The number of aliphatic hydroxyl groups is 1. The van der Waals surface area contributed by atoms with E-state index in [-0.39, 0.29) is 17.5 Å². The van der Waals surface area contributed by atoms with Crippen molar-refractivity contribution < 1.29 is 13.5 Å². The Kier molecular flexibility index (Phi) is 5.16. The molecule has 0 aliphatic rings. The summed E-state index contributed by atoms with van der Waals surface area (Å²) in [6, 6.07) is 10.1. The van der Waals surface area contributed by atoms with E-state index in [1.54, 1.807) is 35.6 Å². The van der Waals surface area contributed by atoms with Crippen LogP contribution < -0.4 is 0 Å². The lowest BCUT2D eigenvalue weighted by Gasteiger charge is -2.25. The molecule has 0 saturated carbocycles. The Hall–Kier alpha value is -1.21. The summed E-state index contributed by atoms with van der Waals surface area (Å²) in [6.07, 6.45) is 0. The van der Waals surface area contributed by atoms with Gasteiger partial charge in [0.25, 0.3) is 0 Å². The molecular formula is C15H19NO3S2. The van der Waals surface area contributed by atoms with Crippen LogP contribution in [0.3, 0.4) is 0 Å². The van der Waals surface area contributed by atoms with Crippen LogP contribution in [0.4, 0.5) is 0 Å². The lowest BCUT2D eigenvalue weighted by Crippen LogP contribution is -2.36. The van der Waals surface area contributed by atoms with Crippen LogP contribution in [0, 0.1) is 0 Å². The number of hydrogen-bond acceptors (Lipinski definition) is 4. The Balaban J connectivity index is 2.32. The summed E-state index contributed by atoms with van der Waals surface area (Å²) in [5.41, 5.74) is 0.698. The Morgan fingerprint density at radius 2 is 1.86 bits per heavy atom. The third kappa shape index (κ3) is 3.71. The predicted molar refractivity (Wildman–Crippen MR) is 84.5 cm³/mol. The van der Waals surface area contributed by atoms with Gasteiger partial charge in [-0.3, -0.25) is 0 Å². The van der Waals surface area contributed by atoms with Gasteiger partial charge in [0.05, 0.1) is 11.5 Å². The van der Waals surface area contributed by atoms with E-state index < -0.39 is 10.0 Å². The normalized spacial score (nSPS) is 12.2. The van der Waals surface area contributed by atoms with E-state index in [4.69, 9.17) is 5.11 Å². The third-order valence-corrected chi connectivity index (χ3v) is 6.08. The first-order valence-electron chi connectivity index (χ1n) is 6.69. The smallest absolute Gasteiger partial charge is 0.243 e. The van der Waals surface area contributed by atoms with Gasteiger partial charge in [0.2, 0.25) is 10.0 Å². The molecule has 0 spiro atoms. The number of hydrogen-bond donors (Lipinski definition) is 1. The average Bonchev–Trinajstić information content (AvgIpc) is 2.97. The molecule has 0 saturated heterocycles. The minimum absolute atomic E-state index is 0.0938. The van der Waals surface area contributed by atoms with Crippen LogP contribution in [0.1, 0.15) is 24.3 Å². The molecule has 0 aliphatic heterocycles. The third-order valence-electron chi connectivity index (χ3n) is 3.18. The fourth-order valence-corrected chi connectivity index (χ4v) is 4.40. The molecule has 1 aromatic heterocycles.